The quantitative estimate of drug-likeness (QED) is 0.377. The third kappa shape index (κ3) is 6.11. The van der Waals surface area contributed by atoms with Crippen molar-refractivity contribution in [3.05, 3.63) is 91.9 Å². The lowest BCUT2D eigenvalue weighted by Gasteiger charge is -2.23. The van der Waals surface area contributed by atoms with Crippen LogP contribution in [0.1, 0.15) is 16.7 Å². The average Bonchev–Trinajstić information content (AvgIpc) is 2.70. The van der Waals surface area contributed by atoms with E-state index in [-0.39, 0.29) is 18.0 Å². The van der Waals surface area contributed by atoms with Crippen LogP contribution in [-0.4, -0.2) is 25.2 Å². The van der Waals surface area contributed by atoms with Gasteiger partial charge in [-0.2, -0.15) is 4.31 Å². The number of carbonyl (C=O) groups is 1. The number of carbonyl (C=O) groups excluding carboxylic acids is 1. The molecule has 0 heterocycles. The highest BCUT2D eigenvalue weighted by Gasteiger charge is 2.27. The molecule has 0 bridgehead atoms. The Labute approximate surface area is 206 Å². The predicted octanol–water partition coefficient (Wildman–Crippen LogP) is 6.20. The van der Waals surface area contributed by atoms with Crippen LogP contribution < -0.4 is 5.32 Å². The van der Waals surface area contributed by atoms with Crippen LogP contribution in [0.4, 0.5) is 5.69 Å². The SMILES string of the molecule is Cc1cc(Br)cc(C)c1NC(=O)CN(Cc1cccc(Cl)c1)S(=O)(=O)c1ccc(Cl)cc1. The van der Waals surface area contributed by atoms with Crippen molar-refractivity contribution in [2.75, 3.05) is 11.9 Å². The molecule has 0 aliphatic carbocycles. The van der Waals surface area contributed by atoms with Crippen molar-refractivity contribution in [3.63, 3.8) is 0 Å². The minimum atomic E-state index is -3.98. The zero-order chi connectivity index (χ0) is 23.5. The second kappa shape index (κ2) is 10.4. The fourth-order valence-corrected chi connectivity index (χ4v) is 5.68. The van der Waals surface area contributed by atoms with E-state index in [1.807, 2.05) is 26.0 Å². The van der Waals surface area contributed by atoms with E-state index in [4.69, 9.17) is 23.2 Å². The minimum absolute atomic E-state index is 0.0166. The fourth-order valence-electron chi connectivity index (χ4n) is 3.27. The average molecular weight is 556 g/mol. The Balaban J connectivity index is 1.91. The number of benzene rings is 3. The summed E-state index contributed by atoms with van der Waals surface area (Å²) < 4.78 is 28.8. The first kappa shape index (κ1) is 24.7. The minimum Gasteiger partial charge on any atom is -0.324 e. The van der Waals surface area contributed by atoms with E-state index in [2.05, 4.69) is 21.2 Å². The van der Waals surface area contributed by atoms with Crippen molar-refractivity contribution in [3.8, 4) is 0 Å². The Morgan fingerprint density at radius 2 is 1.59 bits per heavy atom. The molecule has 0 fully saturated rings. The second-order valence-electron chi connectivity index (χ2n) is 7.32. The van der Waals surface area contributed by atoms with Crippen molar-refractivity contribution in [2.45, 2.75) is 25.3 Å². The lowest BCUT2D eigenvalue weighted by atomic mass is 10.1. The van der Waals surface area contributed by atoms with Gasteiger partial charge in [0.25, 0.3) is 0 Å². The monoisotopic (exact) mass is 554 g/mol. The summed E-state index contributed by atoms with van der Waals surface area (Å²) in [6, 6.07) is 16.5. The number of hydrogen-bond donors (Lipinski definition) is 1. The summed E-state index contributed by atoms with van der Waals surface area (Å²) in [5.41, 5.74) is 3.06. The van der Waals surface area contributed by atoms with E-state index in [1.165, 1.54) is 24.3 Å². The Kier molecular flexibility index (Phi) is 8.01. The van der Waals surface area contributed by atoms with Gasteiger partial charge in [0.15, 0.2) is 0 Å². The van der Waals surface area contributed by atoms with Gasteiger partial charge in [-0.05, 0) is 79.1 Å². The van der Waals surface area contributed by atoms with E-state index < -0.39 is 15.9 Å². The summed E-state index contributed by atoms with van der Waals surface area (Å²) >= 11 is 15.4. The zero-order valence-electron chi connectivity index (χ0n) is 17.4. The van der Waals surface area contributed by atoms with E-state index in [1.54, 1.807) is 24.3 Å². The molecular formula is C23H21BrCl2N2O3S. The maximum Gasteiger partial charge on any atom is 0.243 e. The van der Waals surface area contributed by atoms with Gasteiger partial charge >= 0.3 is 0 Å². The molecule has 0 atom stereocenters. The number of aryl methyl sites for hydroxylation is 2. The highest BCUT2D eigenvalue weighted by Crippen LogP contribution is 2.26. The molecule has 1 N–H and O–H groups in total. The zero-order valence-corrected chi connectivity index (χ0v) is 21.3. The maximum atomic E-state index is 13.4. The molecule has 3 aromatic carbocycles. The molecule has 0 aliphatic heterocycles. The van der Waals surface area contributed by atoms with Crippen molar-refractivity contribution in [2.24, 2.45) is 0 Å². The summed E-state index contributed by atoms with van der Waals surface area (Å²) in [6.07, 6.45) is 0. The molecule has 0 radical (unpaired) electrons. The first-order chi connectivity index (χ1) is 15.1. The number of nitrogens with zero attached hydrogens (tertiary/aromatic N) is 1. The molecule has 0 saturated heterocycles. The molecule has 0 aromatic heterocycles. The maximum absolute atomic E-state index is 13.4. The summed E-state index contributed by atoms with van der Waals surface area (Å²) in [5, 5.41) is 3.76. The van der Waals surface area contributed by atoms with Crippen LogP contribution in [0, 0.1) is 13.8 Å². The summed E-state index contributed by atoms with van der Waals surface area (Å²) in [6.45, 7) is 3.37. The molecule has 1 amide bonds. The third-order valence-electron chi connectivity index (χ3n) is 4.78. The fraction of sp³-hybridized carbons (Fsp3) is 0.174. The van der Waals surface area contributed by atoms with E-state index in [0.29, 0.717) is 21.3 Å². The van der Waals surface area contributed by atoms with Gasteiger partial charge in [0.1, 0.15) is 0 Å². The normalized spacial score (nSPS) is 11.6. The molecular weight excluding hydrogens is 535 g/mol. The number of anilines is 1. The first-order valence-corrected chi connectivity index (χ1v) is 12.6. The van der Waals surface area contributed by atoms with Crippen molar-refractivity contribution in [1.29, 1.82) is 0 Å². The standard InChI is InChI=1S/C23H21BrCl2N2O3S/c1-15-10-18(24)11-16(2)23(15)27-22(29)14-28(13-17-4-3-5-20(26)12-17)32(30,31)21-8-6-19(25)7-9-21/h3-12H,13-14H2,1-2H3,(H,27,29). The molecule has 3 aromatic rings. The molecule has 5 nitrogen and oxygen atoms in total. The molecule has 0 spiro atoms. The molecule has 3 rings (SSSR count). The number of nitrogens with one attached hydrogen (secondary N) is 1. The van der Waals surface area contributed by atoms with E-state index in [0.717, 1.165) is 19.9 Å². The number of rotatable bonds is 7. The van der Waals surface area contributed by atoms with Gasteiger partial charge in [-0.3, -0.25) is 4.79 Å². The van der Waals surface area contributed by atoms with Gasteiger partial charge in [-0.25, -0.2) is 8.42 Å². The van der Waals surface area contributed by atoms with Crippen molar-refractivity contribution >= 4 is 60.7 Å². The smallest absolute Gasteiger partial charge is 0.243 e. The first-order valence-electron chi connectivity index (χ1n) is 9.63. The summed E-state index contributed by atoms with van der Waals surface area (Å²) in [4.78, 5) is 13.0. The number of hydrogen-bond acceptors (Lipinski definition) is 3. The van der Waals surface area contributed by atoms with Crippen LogP contribution in [0.15, 0.2) is 70.0 Å². The molecule has 32 heavy (non-hydrogen) atoms. The van der Waals surface area contributed by atoms with Gasteiger partial charge in [0.2, 0.25) is 15.9 Å². The van der Waals surface area contributed by atoms with Gasteiger partial charge < -0.3 is 5.32 Å². The summed E-state index contributed by atoms with van der Waals surface area (Å²) in [5.74, 6) is -0.446. The predicted molar refractivity (Wildman–Crippen MR) is 133 cm³/mol. The lowest BCUT2D eigenvalue weighted by Crippen LogP contribution is -2.37. The Morgan fingerprint density at radius 1 is 0.969 bits per heavy atom. The highest BCUT2D eigenvalue weighted by molar-refractivity contribution is 9.10. The number of halogens is 3. The Hall–Kier alpha value is -1.90. The number of sulfonamides is 1. The third-order valence-corrected chi connectivity index (χ3v) is 7.53. The Bertz CT molecular complexity index is 1230. The van der Waals surface area contributed by atoms with E-state index in [9.17, 15) is 13.2 Å². The van der Waals surface area contributed by atoms with Crippen molar-refractivity contribution < 1.29 is 13.2 Å². The van der Waals surface area contributed by atoms with Gasteiger partial charge in [-0.15, -0.1) is 0 Å². The second-order valence-corrected chi connectivity index (χ2v) is 11.0. The number of amides is 1. The van der Waals surface area contributed by atoms with Crippen LogP contribution in [-0.2, 0) is 21.4 Å². The summed E-state index contributed by atoms with van der Waals surface area (Å²) in [7, 11) is -3.98. The van der Waals surface area contributed by atoms with Gasteiger partial charge in [-0.1, -0.05) is 51.3 Å². The van der Waals surface area contributed by atoms with Crippen LogP contribution >= 0.6 is 39.1 Å². The molecule has 168 valence electrons. The molecule has 0 unspecified atom stereocenters. The van der Waals surface area contributed by atoms with E-state index >= 15 is 0 Å². The van der Waals surface area contributed by atoms with Crippen LogP contribution in [0.5, 0.6) is 0 Å². The lowest BCUT2D eigenvalue weighted by molar-refractivity contribution is -0.116. The molecule has 9 heteroatoms. The van der Waals surface area contributed by atoms with Crippen LogP contribution in [0.2, 0.25) is 10.0 Å². The largest absolute Gasteiger partial charge is 0.324 e. The van der Waals surface area contributed by atoms with Gasteiger partial charge in [0, 0.05) is 26.8 Å². The van der Waals surface area contributed by atoms with Crippen LogP contribution in [0.25, 0.3) is 0 Å². The van der Waals surface area contributed by atoms with Crippen molar-refractivity contribution in [1.82, 2.24) is 4.31 Å². The van der Waals surface area contributed by atoms with Gasteiger partial charge in [0.05, 0.1) is 11.4 Å². The molecule has 0 saturated carbocycles. The Morgan fingerprint density at radius 3 is 2.19 bits per heavy atom. The topological polar surface area (TPSA) is 66.5 Å². The highest BCUT2D eigenvalue weighted by atomic mass is 79.9. The van der Waals surface area contributed by atoms with Crippen LogP contribution in [0.3, 0.4) is 0 Å². The molecule has 0 aliphatic rings.